The predicted molar refractivity (Wildman–Crippen MR) is 34.3 cm³/mol. The van der Waals surface area contributed by atoms with Gasteiger partial charge in [-0.05, 0) is 19.3 Å². The van der Waals surface area contributed by atoms with Gasteiger partial charge in [-0.3, -0.25) is 0 Å². The zero-order chi connectivity index (χ0) is 6.57. The molecule has 1 radical (unpaired) electrons. The minimum absolute atomic E-state index is 0.187. The molecule has 0 saturated carbocycles. The van der Waals surface area contributed by atoms with Gasteiger partial charge < -0.3 is 0 Å². The lowest BCUT2D eigenvalue weighted by Gasteiger charge is -2.09. The maximum Gasteiger partial charge on any atom is 0.0998 e. The average molecular weight is 117 g/mol. The Morgan fingerprint density at radius 2 is 2.00 bits per heavy atom. The van der Waals surface area contributed by atoms with E-state index in [9.17, 15) is 4.39 Å². The van der Waals surface area contributed by atoms with Crippen LogP contribution in [0.4, 0.5) is 4.39 Å². The third-order valence-electron chi connectivity index (χ3n) is 1.44. The van der Waals surface area contributed by atoms with Crippen LogP contribution in [0.15, 0.2) is 0 Å². The highest BCUT2D eigenvalue weighted by Gasteiger charge is 2.07. The Hall–Kier alpha value is -0.0700. The minimum atomic E-state index is -0.670. The molecule has 0 saturated heterocycles. The zero-order valence-electron chi connectivity index (χ0n) is 5.65. The van der Waals surface area contributed by atoms with E-state index in [0.29, 0.717) is 0 Å². The van der Waals surface area contributed by atoms with Crippen LogP contribution < -0.4 is 0 Å². The van der Waals surface area contributed by atoms with Crippen molar-refractivity contribution in [1.29, 1.82) is 0 Å². The van der Waals surface area contributed by atoms with Crippen molar-refractivity contribution in [2.75, 3.05) is 0 Å². The molecular formula is C7H14F. The normalized spacial score (nSPS) is 18.0. The molecule has 0 aromatic heterocycles. The molecule has 0 bridgehead atoms. The van der Waals surface area contributed by atoms with Crippen LogP contribution in [0.3, 0.4) is 0 Å². The standard InChI is InChI=1S/C7H14F/c1-4-5-6(2)7(3)8/h6-7H,1,4-5H2,2-3H3. The summed E-state index contributed by atoms with van der Waals surface area (Å²) in [5.41, 5.74) is 0. The highest BCUT2D eigenvalue weighted by atomic mass is 19.1. The van der Waals surface area contributed by atoms with Gasteiger partial charge in [0.1, 0.15) is 0 Å². The molecule has 0 aliphatic rings. The van der Waals surface area contributed by atoms with Gasteiger partial charge in [0, 0.05) is 0 Å². The first kappa shape index (κ1) is 7.93. The quantitative estimate of drug-likeness (QED) is 0.533. The molecular weight excluding hydrogens is 103 g/mol. The largest absolute Gasteiger partial charge is 0.248 e. The van der Waals surface area contributed by atoms with E-state index in [-0.39, 0.29) is 5.92 Å². The number of alkyl halides is 1. The van der Waals surface area contributed by atoms with Gasteiger partial charge in [0.25, 0.3) is 0 Å². The number of hydrogen-bond donors (Lipinski definition) is 0. The number of halogens is 1. The Bertz CT molecular complexity index is 50.3. The number of rotatable bonds is 3. The summed E-state index contributed by atoms with van der Waals surface area (Å²) in [6, 6.07) is 0. The lowest BCUT2D eigenvalue weighted by Crippen LogP contribution is -2.06. The SMILES string of the molecule is [CH2]CCC(C)C(C)F. The molecule has 2 atom stereocenters. The second-order valence-corrected chi connectivity index (χ2v) is 2.30. The van der Waals surface area contributed by atoms with Gasteiger partial charge in [-0.15, -0.1) is 0 Å². The summed E-state index contributed by atoms with van der Waals surface area (Å²) < 4.78 is 12.3. The van der Waals surface area contributed by atoms with E-state index in [0.717, 1.165) is 12.8 Å². The fraction of sp³-hybridized carbons (Fsp3) is 0.857. The summed E-state index contributed by atoms with van der Waals surface area (Å²) in [6.45, 7) is 7.15. The molecule has 0 aliphatic carbocycles. The molecule has 0 nitrogen and oxygen atoms in total. The highest BCUT2D eigenvalue weighted by molar-refractivity contribution is 4.59. The van der Waals surface area contributed by atoms with Crippen molar-refractivity contribution in [3.63, 3.8) is 0 Å². The third kappa shape index (κ3) is 3.00. The van der Waals surface area contributed by atoms with Gasteiger partial charge in [-0.2, -0.15) is 0 Å². The highest BCUT2D eigenvalue weighted by Crippen LogP contribution is 2.11. The maximum atomic E-state index is 12.3. The zero-order valence-corrected chi connectivity index (χ0v) is 5.65. The molecule has 0 N–H and O–H groups in total. The molecule has 1 heteroatoms. The van der Waals surface area contributed by atoms with Crippen LogP contribution in [0, 0.1) is 12.8 Å². The Morgan fingerprint density at radius 1 is 1.50 bits per heavy atom. The van der Waals surface area contributed by atoms with E-state index in [1.165, 1.54) is 0 Å². The first-order chi connectivity index (χ1) is 3.68. The molecule has 0 amide bonds. The molecule has 2 unspecified atom stereocenters. The molecule has 49 valence electrons. The van der Waals surface area contributed by atoms with Gasteiger partial charge in [-0.25, -0.2) is 4.39 Å². The Kier molecular flexibility index (Phi) is 3.84. The van der Waals surface area contributed by atoms with Crippen molar-refractivity contribution in [2.24, 2.45) is 5.92 Å². The molecule has 0 aromatic carbocycles. The van der Waals surface area contributed by atoms with Crippen LogP contribution in [0.2, 0.25) is 0 Å². The van der Waals surface area contributed by atoms with Gasteiger partial charge in [-0.1, -0.05) is 20.3 Å². The summed E-state index contributed by atoms with van der Waals surface area (Å²) in [7, 11) is 0. The van der Waals surface area contributed by atoms with Crippen molar-refractivity contribution in [3.8, 4) is 0 Å². The van der Waals surface area contributed by atoms with Crippen LogP contribution >= 0.6 is 0 Å². The summed E-state index contributed by atoms with van der Waals surface area (Å²) in [5.74, 6) is 0.187. The predicted octanol–water partition coefficient (Wildman–Crippen LogP) is 2.59. The third-order valence-corrected chi connectivity index (χ3v) is 1.44. The van der Waals surface area contributed by atoms with E-state index in [4.69, 9.17) is 0 Å². The summed E-state index contributed by atoms with van der Waals surface area (Å²) in [6.07, 6.45) is 1.07. The molecule has 0 heterocycles. The van der Waals surface area contributed by atoms with Crippen molar-refractivity contribution >= 4 is 0 Å². The Labute approximate surface area is 51.1 Å². The second-order valence-electron chi connectivity index (χ2n) is 2.30. The van der Waals surface area contributed by atoms with Crippen molar-refractivity contribution in [2.45, 2.75) is 32.9 Å². The number of hydrogen-bond acceptors (Lipinski definition) is 0. The Balaban J connectivity index is 3.17. The van der Waals surface area contributed by atoms with Crippen LogP contribution in [0.5, 0.6) is 0 Å². The summed E-state index contributed by atoms with van der Waals surface area (Å²) >= 11 is 0. The van der Waals surface area contributed by atoms with Crippen LogP contribution in [0.25, 0.3) is 0 Å². The van der Waals surface area contributed by atoms with Crippen LogP contribution in [0.1, 0.15) is 26.7 Å². The summed E-state index contributed by atoms with van der Waals surface area (Å²) in [5, 5.41) is 0. The molecule has 8 heavy (non-hydrogen) atoms. The van der Waals surface area contributed by atoms with Crippen molar-refractivity contribution < 1.29 is 4.39 Å². The molecule has 0 spiro atoms. The first-order valence-electron chi connectivity index (χ1n) is 3.11. The van der Waals surface area contributed by atoms with Gasteiger partial charge in [0.2, 0.25) is 0 Å². The lowest BCUT2D eigenvalue weighted by atomic mass is 10.0. The molecule has 0 fully saturated rings. The van der Waals surface area contributed by atoms with Gasteiger partial charge >= 0.3 is 0 Å². The molecule has 0 aromatic rings. The minimum Gasteiger partial charge on any atom is -0.248 e. The Morgan fingerprint density at radius 3 is 2.12 bits per heavy atom. The smallest absolute Gasteiger partial charge is 0.0998 e. The van der Waals surface area contributed by atoms with Crippen LogP contribution in [-0.2, 0) is 0 Å². The van der Waals surface area contributed by atoms with E-state index in [1.807, 2.05) is 6.92 Å². The lowest BCUT2D eigenvalue weighted by molar-refractivity contribution is 0.254. The maximum absolute atomic E-state index is 12.3. The summed E-state index contributed by atoms with van der Waals surface area (Å²) in [4.78, 5) is 0. The van der Waals surface area contributed by atoms with E-state index in [1.54, 1.807) is 6.92 Å². The van der Waals surface area contributed by atoms with Crippen molar-refractivity contribution in [1.82, 2.24) is 0 Å². The first-order valence-corrected chi connectivity index (χ1v) is 3.11. The van der Waals surface area contributed by atoms with E-state index < -0.39 is 6.17 Å². The van der Waals surface area contributed by atoms with Gasteiger partial charge in [0.15, 0.2) is 0 Å². The van der Waals surface area contributed by atoms with E-state index >= 15 is 0 Å². The average Bonchev–Trinajstić information content (AvgIpc) is 1.67. The molecule has 0 rings (SSSR count). The fourth-order valence-corrected chi connectivity index (χ4v) is 0.552. The van der Waals surface area contributed by atoms with E-state index in [2.05, 4.69) is 6.92 Å². The monoisotopic (exact) mass is 117 g/mol. The van der Waals surface area contributed by atoms with Gasteiger partial charge in [0.05, 0.1) is 6.17 Å². The second kappa shape index (κ2) is 3.88. The fourth-order valence-electron chi connectivity index (χ4n) is 0.552. The van der Waals surface area contributed by atoms with Crippen molar-refractivity contribution in [3.05, 3.63) is 6.92 Å². The molecule has 0 aliphatic heterocycles. The van der Waals surface area contributed by atoms with Crippen LogP contribution in [-0.4, -0.2) is 6.17 Å². The topological polar surface area (TPSA) is 0 Å².